The topological polar surface area (TPSA) is 113 Å². The Morgan fingerprint density at radius 1 is 0.667 bits per heavy atom. The lowest BCUT2D eigenvalue weighted by atomic mass is 10.0. The molecule has 0 aromatic rings. The van der Waals surface area contributed by atoms with Gasteiger partial charge in [0.05, 0.1) is 18.8 Å². The molecular formula is C41H68O7. The van der Waals surface area contributed by atoms with Crippen LogP contribution in [0, 0.1) is 5.92 Å². The molecule has 0 aliphatic rings. The van der Waals surface area contributed by atoms with Crippen molar-refractivity contribution in [3.63, 3.8) is 0 Å². The van der Waals surface area contributed by atoms with E-state index in [4.69, 9.17) is 9.47 Å². The number of aliphatic hydroxyl groups is 3. The fourth-order valence-corrected chi connectivity index (χ4v) is 4.77. The quantitative estimate of drug-likeness (QED) is 0.0291. The van der Waals surface area contributed by atoms with E-state index in [2.05, 4.69) is 20.8 Å². The Kier molecular flexibility index (Phi) is 32.2. The SMILES string of the molecule is CC/C=C\C[C@H](O)/C=C/C=C\C/C=C\C=C\[C@H](O)/C=C\CCCC(=O)O[C@@H](CO)COC(=O)CCCCCCCCCCCCC(C)C. The minimum Gasteiger partial charge on any atom is -0.462 e. The average molecular weight is 673 g/mol. The summed E-state index contributed by atoms with van der Waals surface area (Å²) in [5.41, 5.74) is 0. The number of hydrogen-bond acceptors (Lipinski definition) is 7. The maximum Gasteiger partial charge on any atom is 0.306 e. The molecule has 0 unspecified atom stereocenters. The molecular weight excluding hydrogens is 604 g/mol. The summed E-state index contributed by atoms with van der Waals surface area (Å²) >= 11 is 0. The van der Waals surface area contributed by atoms with E-state index in [0.717, 1.165) is 38.0 Å². The molecule has 0 aliphatic carbocycles. The molecule has 3 atom stereocenters. The molecule has 48 heavy (non-hydrogen) atoms. The lowest BCUT2D eigenvalue weighted by Crippen LogP contribution is -2.28. The van der Waals surface area contributed by atoms with Crippen molar-refractivity contribution in [3.8, 4) is 0 Å². The molecule has 3 N–H and O–H groups in total. The van der Waals surface area contributed by atoms with E-state index in [9.17, 15) is 24.9 Å². The van der Waals surface area contributed by atoms with E-state index in [0.29, 0.717) is 25.7 Å². The Balaban J connectivity index is 3.90. The van der Waals surface area contributed by atoms with Crippen molar-refractivity contribution in [2.75, 3.05) is 13.2 Å². The fourth-order valence-electron chi connectivity index (χ4n) is 4.77. The lowest BCUT2D eigenvalue weighted by Gasteiger charge is -2.15. The summed E-state index contributed by atoms with van der Waals surface area (Å²) in [6, 6.07) is 0. The van der Waals surface area contributed by atoms with Gasteiger partial charge in [0.1, 0.15) is 6.61 Å². The highest BCUT2D eigenvalue weighted by Crippen LogP contribution is 2.14. The first-order chi connectivity index (χ1) is 23.3. The number of unbranched alkanes of at least 4 members (excludes halogenated alkanes) is 10. The first kappa shape index (κ1) is 45.3. The van der Waals surface area contributed by atoms with Crippen molar-refractivity contribution >= 4 is 11.9 Å². The third-order valence-corrected chi connectivity index (χ3v) is 7.62. The number of rotatable bonds is 31. The molecule has 0 rings (SSSR count). The van der Waals surface area contributed by atoms with Crippen LogP contribution in [0.5, 0.6) is 0 Å². The standard InChI is InChI=1S/C41H68O7/c1-4-5-20-28-37(43)29-22-16-12-10-13-17-23-30-38(44)31-24-19-26-33-41(46)48-39(34-42)35-47-40(45)32-25-18-14-9-7-6-8-11-15-21-27-36(2)3/h5,12-13,16-17,20,22-24,29-31,36-39,42-44H,4,6-11,14-15,18-19,21,25-28,32-35H2,1-3H3/b16-12-,17-13-,20-5-,29-22+,30-23+,31-24-/t37-,38-,39-/m0/s1. The van der Waals surface area contributed by atoms with Crippen molar-refractivity contribution in [2.45, 2.75) is 155 Å². The highest BCUT2D eigenvalue weighted by atomic mass is 16.6. The molecule has 0 aromatic heterocycles. The highest BCUT2D eigenvalue weighted by Gasteiger charge is 2.16. The van der Waals surface area contributed by atoms with Gasteiger partial charge in [-0.3, -0.25) is 9.59 Å². The normalized spacial score (nSPS) is 14.5. The van der Waals surface area contributed by atoms with Crippen LogP contribution in [0.25, 0.3) is 0 Å². The van der Waals surface area contributed by atoms with Crippen molar-refractivity contribution in [3.05, 3.63) is 72.9 Å². The van der Waals surface area contributed by atoms with Crippen molar-refractivity contribution in [1.29, 1.82) is 0 Å². The molecule has 0 fully saturated rings. The Morgan fingerprint density at radius 3 is 1.90 bits per heavy atom. The number of ether oxygens (including phenoxy) is 2. The first-order valence-corrected chi connectivity index (χ1v) is 18.6. The van der Waals surface area contributed by atoms with Crippen LogP contribution >= 0.6 is 0 Å². The predicted octanol–water partition coefficient (Wildman–Crippen LogP) is 9.19. The van der Waals surface area contributed by atoms with Crippen molar-refractivity contribution in [1.82, 2.24) is 0 Å². The molecule has 0 saturated heterocycles. The Bertz CT molecular complexity index is 944. The van der Waals surface area contributed by atoms with Crippen LogP contribution in [0.2, 0.25) is 0 Å². The van der Waals surface area contributed by atoms with E-state index < -0.39 is 30.9 Å². The van der Waals surface area contributed by atoms with Crippen LogP contribution in [0.4, 0.5) is 0 Å². The molecule has 0 bridgehead atoms. The second-order valence-corrected chi connectivity index (χ2v) is 12.8. The zero-order chi connectivity index (χ0) is 35.5. The number of hydrogen-bond donors (Lipinski definition) is 3. The summed E-state index contributed by atoms with van der Waals surface area (Å²) < 4.78 is 10.5. The fraction of sp³-hybridized carbons (Fsp3) is 0.659. The Morgan fingerprint density at radius 2 is 1.27 bits per heavy atom. The van der Waals surface area contributed by atoms with Crippen LogP contribution in [0.3, 0.4) is 0 Å². The van der Waals surface area contributed by atoms with Gasteiger partial charge in [-0.05, 0) is 44.4 Å². The van der Waals surface area contributed by atoms with E-state index in [1.807, 2.05) is 48.6 Å². The number of carbonyl (C=O) groups is 2. The van der Waals surface area contributed by atoms with E-state index in [1.165, 1.54) is 51.4 Å². The van der Waals surface area contributed by atoms with Gasteiger partial charge in [0.2, 0.25) is 0 Å². The monoisotopic (exact) mass is 672 g/mol. The summed E-state index contributed by atoms with van der Waals surface area (Å²) in [6.45, 7) is 6.09. The highest BCUT2D eigenvalue weighted by molar-refractivity contribution is 5.70. The number of allylic oxidation sites excluding steroid dienone is 8. The van der Waals surface area contributed by atoms with Gasteiger partial charge in [0.15, 0.2) is 6.10 Å². The lowest BCUT2D eigenvalue weighted by molar-refractivity contribution is -0.161. The second-order valence-electron chi connectivity index (χ2n) is 12.8. The van der Waals surface area contributed by atoms with Gasteiger partial charge in [-0.25, -0.2) is 0 Å². The molecule has 0 aromatic carbocycles. The van der Waals surface area contributed by atoms with Gasteiger partial charge in [-0.15, -0.1) is 0 Å². The number of esters is 2. The first-order valence-electron chi connectivity index (χ1n) is 18.6. The van der Waals surface area contributed by atoms with Gasteiger partial charge in [-0.2, -0.15) is 0 Å². The molecule has 7 heteroatoms. The zero-order valence-corrected chi connectivity index (χ0v) is 30.4. The van der Waals surface area contributed by atoms with Crippen LogP contribution in [-0.2, 0) is 19.1 Å². The molecule has 0 heterocycles. The maximum atomic E-state index is 12.1. The van der Waals surface area contributed by atoms with E-state index in [-0.39, 0.29) is 19.0 Å². The molecule has 0 radical (unpaired) electrons. The van der Waals surface area contributed by atoms with Gasteiger partial charge in [0, 0.05) is 12.8 Å². The Labute approximate surface area is 292 Å². The van der Waals surface area contributed by atoms with Crippen molar-refractivity contribution < 1.29 is 34.4 Å². The van der Waals surface area contributed by atoms with Crippen LogP contribution in [0.15, 0.2) is 72.9 Å². The summed E-state index contributed by atoms with van der Waals surface area (Å²) in [4.78, 5) is 24.2. The van der Waals surface area contributed by atoms with Gasteiger partial charge in [-0.1, -0.05) is 158 Å². The minimum absolute atomic E-state index is 0.139. The Hall–Kier alpha value is -2.74. The molecule has 0 spiro atoms. The third kappa shape index (κ3) is 33.2. The maximum absolute atomic E-state index is 12.1. The van der Waals surface area contributed by atoms with E-state index >= 15 is 0 Å². The molecule has 0 saturated carbocycles. The summed E-state index contributed by atoms with van der Waals surface area (Å²) in [6.07, 6.45) is 37.5. The predicted molar refractivity (Wildman–Crippen MR) is 198 cm³/mol. The molecule has 0 amide bonds. The third-order valence-electron chi connectivity index (χ3n) is 7.62. The summed E-state index contributed by atoms with van der Waals surface area (Å²) in [7, 11) is 0. The van der Waals surface area contributed by atoms with Crippen LogP contribution in [0.1, 0.15) is 136 Å². The van der Waals surface area contributed by atoms with Crippen LogP contribution < -0.4 is 0 Å². The van der Waals surface area contributed by atoms with E-state index in [1.54, 1.807) is 24.3 Å². The van der Waals surface area contributed by atoms with Gasteiger partial charge < -0.3 is 24.8 Å². The van der Waals surface area contributed by atoms with Crippen molar-refractivity contribution in [2.24, 2.45) is 5.92 Å². The number of aliphatic hydroxyl groups excluding tert-OH is 3. The second kappa shape index (κ2) is 34.1. The minimum atomic E-state index is -0.861. The average Bonchev–Trinajstić information content (AvgIpc) is 3.06. The number of carbonyl (C=O) groups excluding carboxylic acids is 2. The smallest absolute Gasteiger partial charge is 0.306 e. The summed E-state index contributed by atoms with van der Waals surface area (Å²) in [5.74, 6) is 0.0294. The van der Waals surface area contributed by atoms with Gasteiger partial charge >= 0.3 is 11.9 Å². The van der Waals surface area contributed by atoms with Gasteiger partial charge in [0.25, 0.3) is 0 Å². The van der Waals surface area contributed by atoms with Crippen LogP contribution in [-0.4, -0.2) is 58.8 Å². The largest absolute Gasteiger partial charge is 0.462 e. The summed E-state index contributed by atoms with van der Waals surface area (Å²) in [5, 5.41) is 29.4. The molecule has 0 aliphatic heterocycles. The molecule has 7 nitrogen and oxygen atoms in total. The zero-order valence-electron chi connectivity index (χ0n) is 30.4. The molecule has 274 valence electrons.